The molecule has 0 radical (unpaired) electrons. The van der Waals surface area contributed by atoms with Crippen LogP contribution in [0, 0.1) is 0 Å². The lowest BCUT2D eigenvalue weighted by Crippen LogP contribution is -2.21. The van der Waals surface area contributed by atoms with E-state index >= 15 is 0 Å². The molecule has 2 heterocycles. The van der Waals surface area contributed by atoms with Gasteiger partial charge in [0.05, 0.1) is 5.69 Å². The van der Waals surface area contributed by atoms with E-state index in [4.69, 9.17) is 0 Å². The molecule has 56 valence electrons. The molecular formula is C7H7N3O. The van der Waals surface area contributed by atoms with Crippen molar-refractivity contribution in [2.24, 2.45) is 0 Å². The molecule has 0 aliphatic carbocycles. The predicted molar refractivity (Wildman–Crippen MR) is 39.4 cm³/mol. The van der Waals surface area contributed by atoms with Crippen molar-refractivity contribution in [3.63, 3.8) is 0 Å². The Morgan fingerprint density at radius 1 is 1.64 bits per heavy atom. The number of nitrogens with zero attached hydrogens (tertiary/aromatic N) is 2. The van der Waals surface area contributed by atoms with E-state index in [9.17, 15) is 4.79 Å². The Labute approximate surface area is 63.5 Å². The molecule has 1 aromatic rings. The van der Waals surface area contributed by atoms with E-state index in [1.165, 1.54) is 0 Å². The van der Waals surface area contributed by atoms with E-state index in [-0.39, 0.29) is 5.91 Å². The first kappa shape index (κ1) is 6.15. The van der Waals surface area contributed by atoms with Crippen LogP contribution in [0.1, 0.15) is 5.69 Å². The number of hydrogen-bond acceptors (Lipinski definition) is 2. The molecule has 4 nitrogen and oxygen atoms in total. The maximum Gasteiger partial charge on any atom is 0.245 e. The Bertz CT molecular complexity index is 313. The second kappa shape index (κ2) is 2.23. The molecule has 2 rings (SSSR count). The maximum absolute atomic E-state index is 10.9. The van der Waals surface area contributed by atoms with Gasteiger partial charge < -0.3 is 5.32 Å². The van der Waals surface area contributed by atoms with Crippen LogP contribution in [0.2, 0.25) is 0 Å². The molecule has 0 spiro atoms. The first-order chi connectivity index (χ1) is 5.36. The Balaban J connectivity index is 2.44. The van der Waals surface area contributed by atoms with Crippen molar-refractivity contribution >= 4 is 12.0 Å². The van der Waals surface area contributed by atoms with Gasteiger partial charge in [-0.3, -0.25) is 9.48 Å². The fourth-order valence-corrected chi connectivity index (χ4v) is 1.02. The average Bonchev–Trinajstić information content (AvgIpc) is 2.31. The van der Waals surface area contributed by atoms with Gasteiger partial charge in [0.25, 0.3) is 0 Å². The van der Waals surface area contributed by atoms with E-state index < -0.39 is 0 Å². The van der Waals surface area contributed by atoms with Gasteiger partial charge in [-0.2, -0.15) is 5.10 Å². The monoisotopic (exact) mass is 149 g/mol. The summed E-state index contributed by atoms with van der Waals surface area (Å²) in [5.41, 5.74) is 0.948. The van der Waals surface area contributed by atoms with Gasteiger partial charge in [-0.1, -0.05) is 0 Å². The molecule has 1 aliphatic heterocycles. The van der Waals surface area contributed by atoms with Crippen LogP contribution >= 0.6 is 0 Å². The van der Waals surface area contributed by atoms with Crippen LogP contribution < -0.4 is 5.32 Å². The van der Waals surface area contributed by atoms with Crippen LogP contribution in [-0.2, 0) is 11.3 Å². The van der Waals surface area contributed by atoms with E-state index in [1.807, 2.05) is 12.1 Å². The third-order valence-corrected chi connectivity index (χ3v) is 1.54. The van der Waals surface area contributed by atoms with Gasteiger partial charge in [0.2, 0.25) is 5.91 Å². The molecule has 0 saturated heterocycles. The highest BCUT2D eigenvalue weighted by molar-refractivity contribution is 5.78. The number of rotatable bonds is 0. The fraction of sp³-hybridized carbons (Fsp3) is 0.143. The van der Waals surface area contributed by atoms with Crippen LogP contribution in [0.5, 0.6) is 0 Å². The summed E-state index contributed by atoms with van der Waals surface area (Å²) >= 11 is 0. The molecule has 0 atom stereocenters. The molecule has 1 amide bonds. The van der Waals surface area contributed by atoms with Gasteiger partial charge in [-0.05, 0) is 12.1 Å². The smallest absolute Gasteiger partial charge is 0.245 e. The van der Waals surface area contributed by atoms with Crippen molar-refractivity contribution < 1.29 is 4.79 Å². The highest BCUT2D eigenvalue weighted by Gasteiger charge is 2.07. The van der Waals surface area contributed by atoms with Crippen molar-refractivity contribution in [3.05, 3.63) is 24.2 Å². The minimum atomic E-state index is -0.0382. The van der Waals surface area contributed by atoms with Gasteiger partial charge in [0, 0.05) is 12.4 Å². The molecule has 0 fully saturated rings. The Kier molecular flexibility index (Phi) is 1.25. The molecular weight excluding hydrogens is 142 g/mol. The minimum absolute atomic E-state index is 0.0382. The molecule has 11 heavy (non-hydrogen) atoms. The summed E-state index contributed by atoms with van der Waals surface area (Å²) in [5.74, 6) is -0.0382. The molecule has 1 aromatic heterocycles. The zero-order valence-electron chi connectivity index (χ0n) is 5.82. The lowest BCUT2D eigenvalue weighted by Gasteiger charge is -1.97. The van der Waals surface area contributed by atoms with Crippen LogP contribution in [0.4, 0.5) is 0 Å². The number of nitrogens with one attached hydrogen (secondary N) is 1. The van der Waals surface area contributed by atoms with E-state index in [0.29, 0.717) is 6.54 Å². The molecule has 0 unspecified atom stereocenters. The number of amides is 1. The SMILES string of the molecule is O=C1Cn2nccc2C=CN1. The average molecular weight is 149 g/mol. The van der Waals surface area contributed by atoms with Crippen LogP contribution in [0.3, 0.4) is 0 Å². The molecule has 1 aliphatic rings. The molecule has 1 N–H and O–H groups in total. The third kappa shape index (κ3) is 1.02. The first-order valence-electron chi connectivity index (χ1n) is 3.34. The summed E-state index contributed by atoms with van der Waals surface area (Å²) in [6.45, 7) is 0.301. The van der Waals surface area contributed by atoms with Crippen molar-refractivity contribution in [3.8, 4) is 0 Å². The lowest BCUT2D eigenvalue weighted by molar-refractivity contribution is -0.120. The van der Waals surface area contributed by atoms with E-state index in [2.05, 4.69) is 10.4 Å². The van der Waals surface area contributed by atoms with Crippen molar-refractivity contribution in [1.29, 1.82) is 0 Å². The van der Waals surface area contributed by atoms with E-state index in [1.54, 1.807) is 17.1 Å². The minimum Gasteiger partial charge on any atom is -0.331 e. The summed E-state index contributed by atoms with van der Waals surface area (Å²) in [7, 11) is 0. The molecule has 0 aromatic carbocycles. The van der Waals surface area contributed by atoms with Gasteiger partial charge in [0.1, 0.15) is 6.54 Å². The maximum atomic E-state index is 10.9. The number of aromatic nitrogens is 2. The lowest BCUT2D eigenvalue weighted by atomic mass is 10.4. The normalized spacial score (nSPS) is 15.5. The first-order valence-corrected chi connectivity index (χ1v) is 3.34. The number of fused-ring (bicyclic) bond motifs is 1. The Morgan fingerprint density at radius 3 is 3.45 bits per heavy atom. The topological polar surface area (TPSA) is 46.9 Å². The Hall–Kier alpha value is -1.58. The molecule has 0 bridgehead atoms. The second-order valence-electron chi connectivity index (χ2n) is 2.31. The fourth-order valence-electron chi connectivity index (χ4n) is 1.02. The second-order valence-corrected chi connectivity index (χ2v) is 2.31. The van der Waals surface area contributed by atoms with E-state index in [0.717, 1.165) is 5.69 Å². The summed E-state index contributed by atoms with van der Waals surface area (Å²) in [6, 6.07) is 1.86. The highest BCUT2D eigenvalue weighted by atomic mass is 16.2. The summed E-state index contributed by atoms with van der Waals surface area (Å²) in [5, 5.41) is 6.57. The van der Waals surface area contributed by atoms with Gasteiger partial charge in [0.15, 0.2) is 0 Å². The summed E-state index contributed by atoms with van der Waals surface area (Å²) in [6.07, 6.45) is 5.12. The van der Waals surface area contributed by atoms with Crippen molar-refractivity contribution in [1.82, 2.24) is 15.1 Å². The van der Waals surface area contributed by atoms with Crippen LogP contribution in [0.15, 0.2) is 18.5 Å². The highest BCUT2D eigenvalue weighted by Crippen LogP contribution is 2.02. The summed E-state index contributed by atoms with van der Waals surface area (Å²) < 4.78 is 1.65. The summed E-state index contributed by atoms with van der Waals surface area (Å²) in [4.78, 5) is 10.9. The number of hydrogen-bond donors (Lipinski definition) is 1. The van der Waals surface area contributed by atoms with Crippen LogP contribution in [0.25, 0.3) is 6.08 Å². The largest absolute Gasteiger partial charge is 0.331 e. The van der Waals surface area contributed by atoms with Crippen LogP contribution in [-0.4, -0.2) is 15.7 Å². The third-order valence-electron chi connectivity index (χ3n) is 1.54. The quantitative estimate of drug-likeness (QED) is 0.563. The molecule has 4 heteroatoms. The number of carbonyl (C=O) groups excluding carboxylic acids is 1. The standard InChI is InChI=1S/C7H7N3O/c11-7-5-10-6(1-3-8-7)2-4-9-10/h1-4H,5H2,(H,8,11). The van der Waals surface area contributed by atoms with Gasteiger partial charge >= 0.3 is 0 Å². The zero-order chi connectivity index (χ0) is 7.68. The van der Waals surface area contributed by atoms with Gasteiger partial charge in [-0.15, -0.1) is 0 Å². The number of carbonyl (C=O) groups is 1. The predicted octanol–water partition coefficient (Wildman–Crippen LogP) is -0.0164. The zero-order valence-corrected chi connectivity index (χ0v) is 5.82. The van der Waals surface area contributed by atoms with Crippen molar-refractivity contribution in [2.75, 3.05) is 0 Å². The van der Waals surface area contributed by atoms with Gasteiger partial charge in [-0.25, -0.2) is 0 Å². The Morgan fingerprint density at radius 2 is 2.55 bits per heavy atom. The molecule has 0 saturated carbocycles. The van der Waals surface area contributed by atoms with Crippen molar-refractivity contribution in [2.45, 2.75) is 6.54 Å².